The molecule has 126 valence electrons. The van der Waals surface area contributed by atoms with Crippen molar-refractivity contribution in [3.63, 3.8) is 0 Å². The molecule has 1 N–H and O–H groups in total. The summed E-state index contributed by atoms with van der Waals surface area (Å²) in [5.41, 5.74) is 2.53. The van der Waals surface area contributed by atoms with Crippen LogP contribution >= 0.6 is 0 Å². The van der Waals surface area contributed by atoms with E-state index in [9.17, 15) is 15.2 Å². The molecule has 0 amide bonds. The van der Waals surface area contributed by atoms with E-state index in [-0.39, 0.29) is 12.2 Å². The largest absolute Gasteiger partial charge is 0.390 e. The number of β-amino-alcohol motifs (C(OH)–C–C–N with tert-alkyl or cyclic N) is 1. The van der Waals surface area contributed by atoms with Gasteiger partial charge in [-0.2, -0.15) is 5.10 Å². The van der Waals surface area contributed by atoms with Crippen molar-refractivity contribution >= 4 is 11.3 Å². The molecule has 1 aromatic carbocycles. The Morgan fingerprint density at radius 2 is 2.08 bits per heavy atom. The standard InChI is InChI=1S/C17H20N4O3/c22-17(13-20-11-16(10-18-20)21(23)24)12-19-8-6-15(7-9-19)14-4-2-1-3-5-14/h1-6,10-11,17,22H,7-9,12-13H2/t17-/m0/s1. The zero-order valence-corrected chi connectivity index (χ0v) is 13.3. The second-order valence-corrected chi connectivity index (χ2v) is 5.94. The average molecular weight is 328 g/mol. The Hall–Kier alpha value is -2.51. The summed E-state index contributed by atoms with van der Waals surface area (Å²) in [5, 5.41) is 24.7. The highest BCUT2D eigenvalue weighted by Crippen LogP contribution is 2.22. The van der Waals surface area contributed by atoms with Crippen molar-refractivity contribution < 1.29 is 10.0 Å². The lowest BCUT2D eigenvalue weighted by Crippen LogP contribution is -2.37. The molecule has 0 spiro atoms. The van der Waals surface area contributed by atoms with Gasteiger partial charge in [0, 0.05) is 19.6 Å². The normalized spacial score (nSPS) is 16.6. The molecule has 24 heavy (non-hydrogen) atoms. The van der Waals surface area contributed by atoms with Crippen LogP contribution in [0.2, 0.25) is 0 Å². The van der Waals surface area contributed by atoms with Gasteiger partial charge in [-0.15, -0.1) is 0 Å². The Morgan fingerprint density at radius 1 is 1.29 bits per heavy atom. The minimum absolute atomic E-state index is 0.0596. The monoisotopic (exact) mass is 328 g/mol. The van der Waals surface area contributed by atoms with E-state index in [0.29, 0.717) is 6.54 Å². The van der Waals surface area contributed by atoms with Gasteiger partial charge in [0.25, 0.3) is 0 Å². The summed E-state index contributed by atoms with van der Waals surface area (Å²) >= 11 is 0. The van der Waals surface area contributed by atoms with Crippen LogP contribution < -0.4 is 0 Å². The van der Waals surface area contributed by atoms with Gasteiger partial charge < -0.3 is 5.11 Å². The maximum Gasteiger partial charge on any atom is 0.306 e. The zero-order chi connectivity index (χ0) is 16.9. The predicted molar refractivity (Wildman–Crippen MR) is 90.4 cm³/mol. The zero-order valence-electron chi connectivity index (χ0n) is 13.3. The van der Waals surface area contributed by atoms with Crippen LogP contribution in [0.4, 0.5) is 5.69 Å². The molecule has 2 heterocycles. The number of aromatic nitrogens is 2. The topological polar surface area (TPSA) is 84.4 Å². The van der Waals surface area contributed by atoms with E-state index in [0.717, 1.165) is 19.5 Å². The summed E-state index contributed by atoms with van der Waals surface area (Å²) in [5.74, 6) is 0. The first-order valence-corrected chi connectivity index (χ1v) is 7.93. The molecule has 1 atom stereocenters. The van der Waals surface area contributed by atoms with Gasteiger partial charge in [0.2, 0.25) is 0 Å². The SMILES string of the molecule is O=[N+]([O-])c1cnn(C[C@@H](O)CN2CC=C(c3ccccc3)CC2)c1. The summed E-state index contributed by atoms with van der Waals surface area (Å²) in [6.45, 7) is 2.45. The Labute approximate surface area is 140 Å². The van der Waals surface area contributed by atoms with Crippen molar-refractivity contribution in [2.45, 2.75) is 19.1 Å². The average Bonchev–Trinajstić information content (AvgIpc) is 3.05. The molecule has 0 unspecified atom stereocenters. The van der Waals surface area contributed by atoms with Crippen LogP contribution in [0.15, 0.2) is 48.8 Å². The molecular formula is C17H20N4O3. The number of aliphatic hydroxyl groups excluding tert-OH is 1. The molecule has 2 aromatic rings. The lowest BCUT2D eigenvalue weighted by Gasteiger charge is -2.28. The molecule has 1 aliphatic heterocycles. The molecule has 7 heteroatoms. The van der Waals surface area contributed by atoms with Crippen molar-refractivity contribution in [2.24, 2.45) is 0 Å². The van der Waals surface area contributed by atoms with Gasteiger partial charge in [-0.3, -0.25) is 19.7 Å². The Morgan fingerprint density at radius 3 is 2.71 bits per heavy atom. The number of benzene rings is 1. The molecule has 0 bridgehead atoms. The van der Waals surface area contributed by atoms with E-state index < -0.39 is 11.0 Å². The fraction of sp³-hybridized carbons (Fsp3) is 0.353. The molecule has 0 saturated carbocycles. The highest BCUT2D eigenvalue weighted by molar-refractivity contribution is 5.66. The summed E-state index contributed by atoms with van der Waals surface area (Å²) in [7, 11) is 0. The quantitative estimate of drug-likeness (QED) is 0.647. The Bertz CT molecular complexity index is 726. The Kier molecular flexibility index (Phi) is 5.02. The maximum absolute atomic E-state index is 10.6. The molecule has 1 aromatic heterocycles. The molecule has 1 aliphatic rings. The van der Waals surface area contributed by atoms with Crippen molar-refractivity contribution in [3.05, 3.63) is 64.5 Å². The van der Waals surface area contributed by atoms with Crippen molar-refractivity contribution in [1.29, 1.82) is 0 Å². The van der Waals surface area contributed by atoms with E-state index in [1.165, 1.54) is 28.2 Å². The van der Waals surface area contributed by atoms with Crippen LogP contribution in [0.5, 0.6) is 0 Å². The molecular weight excluding hydrogens is 308 g/mol. The lowest BCUT2D eigenvalue weighted by molar-refractivity contribution is -0.385. The number of aliphatic hydroxyl groups is 1. The van der Waals surface area contributed by atoms with Gasteiger partial charge in [0.15, 0.2) is 0 Å². The van der Waals surface area contributed by atoms with Gasteiger partial charge in [0.05, 0.1) is 17.6 Å². The van der Waals surface area contributed by atoms with Crippen LogP contribution in [-0.4, -0.2) is 50.4 Å². The first-order chi connectivity index (χ1) is 11.6. The van der Waals surface area contributed by atoms with E-state index in [4.69, 9.17) is 0 Å². The van der Waals surface area contributed by atoms with Gasteiger partial charge >= 0.3 is 5.69 Å². The molecule has 0 fully saturated rings. The van der Waals surface area contributed by atoms with E-state index in [2.05, 4.69) is 28.2 Å². The van der Waals surface area contributed by atoms with Crippen molar-refractivity contribution in [3.8, 4) is 0 Å². The fourth-order valence-corrected chi connectivity index (χ4v) is 2.91. The predicted octanol–water partition coefficient (Wildman–Crippen LogP) is 1.94. The smallest absolute Gasteiger partial charge is 0.306 e. The highest BCUT2D eigenvalue weighted by Gasteiger charge is 2.17. The van der Waals surface area contributed by atoms with Crippen LogP contribution in [0.25, 0.3) is 5.57 Å². The van der Waals surface area contributed by atoms with Gasteiger partial charge in [-0.05, 0) is 17.6 Å². The molecule has 0 saturated heterocycles. The minimum atomic E-state index is -0.615. The number of hydrogen-bond donors (Lipinski definition) is 1. The second-order valence-electron chi connectivity index (χ2n) is 5.94. The summed E-state index contributed by atoms with van der Waals surface area (Å²) in [6, 6.07) is 10.3. The van der Waals surface area contributed by atoms with Crippen LogP contribution in [0.1, 0.15) is 12.0 Å². The van der Waals surface area contributed by atoms with Crippen LogP contribution in [-0.2, 0) is 6.54 Å². The summed E-state index contributed by atoms with van der Waals surface area (Å²) < 4.78 is 1.41. The second kappa shape index (κ2) is 7.37. The molecule has 3 rings (SSSR count). The molecule has 0 radical (unpaired) electrons. The first-order valence-electron chi connectivity index (χ1n) is 7.93. The summed E-state index contributed by atoms with van der Waals surface area (Å²) in [6.07, 6.45) is 5.07. The highest BCUT2D eigenvalue weighted by atomic mass is 16.6. The lowest BCUT2D eigenvalue weighted by atomic mass is 9.99. The van der Waals surface area contributed by atoms with Crippen LogP contribution in [0, 0.1) is 10.1 Å². The Balaban J connectivity index is 1.51. The van der Waals surface area contributed by atoms with E-state index in [1.807, 2.05) is 18.2 Å². The van der Waals surface area contributed by atoms with Crippen molar-refractivity contribution in [1.82, 2.24) is 14.7 Å². The fourth-order valence-electron chi connectivity index (χ4n) is 2.91. The maximum atomic E-state index is 10.6. The van der Waals surface area contributed by atoms with E-state index in [1.54, 1.807) is 0 Å². The third-order valence-corrected chi connectivity index (χ3v) is 4.14. The van der Waals surface area contributed by atoms with E-state index >= 15 is 0 Å². The number of nitro groups is 1. The number of nitrogens with zero attached hydrogens (tertiary/aromatic N) is 4. The third kappa shape index (κ3) is 4.06. The molecule has 0 aliphatic carbocycles. The minimum Gasteiger partial charge on any atom is -0.390 e. The third-order valence-electron chi connectivity index (χ3n) is 4.14. The van der Waals surface area contributed by atoms with Gasteiger partial charge in [0.1, 0.15) is 12.4 Å². The molecule has 7 nitrogen and oxygen atoms in total. The van der Waals surface area contributed by atoms with Crippen LogP contribution in [0.3, 0.4) is 0 Å². The van der Waals surface area contributed by atoms with Gasteiger partial charge in [-0.25, -0.2) is 0 Å². The number of hydrogen-bond acceptors (Lipinski definition) is 5. The first kappa shape index (κ1) is 16.4. The van der Waals surface area contributed by atoms with Gasteiger partial charge in [-0.1, -0.05) is 36.4 Å². The summed E-state index contributed by atoms with van der Waals surface area (Å²) in [4.78, 5) is 12.3. The van der Waals surface area contributed by atoms with Crippen molar-refractivity contribution in [2.75, 3.05) is 19.6 Å². The number of rotatable bonds is 6.